The molecule has 0 saturated carbocycles. The molecule has 2 rings (SSSR count). The topological polar surface area (TPSA) is 65.1 Å². The van der Waals surface area contributed by atoms with Crippen molar-refractivity contribution in [2.24, 2.45) is 0 Å². The van der Waals surface area contributed by atoms with E-state index in [0.717, 1.165) is 16.5 Å². The summed E-state index contributed by atoms with van der Waals surface area (Å²) in [6, 6.07) is 7.88. The summed E-state index contributed by atoms with van der Waals surface area (Å²) in [7, 11) is 0. The van der Waals surface area contributed by atoms with Crippen molar-refractivity contribution in [2.75, 3.05) is 6.61 Å². The lowest BCUT2D eigenvalue weighted by Crippen LogP contribution is -2.46. The van der Waals surface area contributed by atoms with Crippen LogP contribution in [0.5, 0.6) is 0 Å². The van der Waals surface area contributed by atoms with Gasteiger partial charge in [0.05, 0.1) is 18.6 Å². The van der Waals surface area contributed by atoms with Crippen LogP contribution in [0.1, 0.15) is 19.4 Å². The Balaban J connectivity index is 2.06. The fourth-order valence-electron chi connectivity index (χ4n) is 1.86. The molecular formula is C14H18N2O2. The predicted octanol–water partition coefficient (Wildman–Crippen LogP) is 1.60. The summed E-state index contributed by atoms with van der Waals surface area (Å²) in [4.78, 5) is 14.9. The van der Waals surface area contributed by atoms with Crippen LogP contribution in [-0.4, -0.2) is 28.1 Å². The summed E-state index contributed by atoms with van der Waals surface area (Å²) in [5, 5.41) is 13.0. The molecule has 0 unspecified atom stereocenters. The lowest BCUT2D eigenvalue weighted by atomic mass is 10.1. The maximum atomic E-state index is 11.8. The second-order valence-electron chi connectivity index (χ2n) is 5.17. The summed E-state index contributed by atoms with van der Waals surface area (Å²) in [6.45, 7) is 3.51. The van der Waals surface area contributed by atoms with Gasteiger partial charge in [-0.25, -0.2) is 0 Å². The number of hydrogen-bond acceptors (Lipinski definition) is 2. The molecule has 0 aliphatic heterocycles. The molecule has 0 fully saturated rings. The van der Waals surface area contributed by atoms with E-state index in [9.17, 15) is 4.79 Å². The number of nitrogens with one attached hydrogen (secondary N) is 2. The number of carbonyl (C=O) groups is 1. The quantitative estimate of drug-likeness (QED) is 0.767. The average molecular weight is 246 g/mol. The highest BCUT2D eigenvalue weighted by molar-refractivity contribution is 5.83. The maximum Gasteiger partial charge on any atom is 0.224 e. The van der Waals surface area contributed by atoms with Crippen molar-refractivity contribution in [2.45, 2.75) is 25.8 Å². The van der Waals surface area contributed by atoms with Gasteiger partial charge in [-0.1, -0.05) is 6.07 Å². The molecule has 4 heteroatoms. The first-order chi connectivity index (χ1) is 8.50. The number of carbonyl (C=O) groups excluding carboxylic acids is 1. The standard InChI is InChI=1S/C14H18N2O2/c1-14(2,9-17)16-13(18)8-10-3-4-12-11(7-10)5-6-15-12/h3-7,15,17H,8-9H2,1-2H3,(H,16,18). The van der Waals surface area contributed by atoms with Crippen LogP contribution in [0.25, 0.3) is 10.9 Å². The highest BCUT2D eigenvalue weighted by Crippen LogP contribution is 2.14. The number of H-pyrrole nitrogens is 1. The molecule has 1 heterocycles. The summed E-state index contributed by atoms with van der Waals surface area (Å²) >= 11 is 0. The Morgan fingerprint density at radius 3 is 2.89 bits per heavy atom. The van der Waals surface area contributed by atoms with Gasteiger partial charge >= 0.3 is 0 Å². The third kappa shape index (κ3) is 2.90. The minimum absolute atomic E-state index is 0.0738. The molecule has 1 aromatic heterocycles. The Hall–Kier alpha value is -1.81. The molecule has 1 aromatic carbocycles. The Bertz CT molecular complexity index is 558. The summed E-state index contributed by atoms with van der Waals surface area (Å²) in [6.07, 6.45) is 2.20. The van der Waals surface area contributed by atoms with Crippen molar-refractivity contribution in [3.8, 4) is 0 Å². The van der Waals surface area contributed by atoms with Crippen LogP contribution in [0.2, 0.25) is 0 Å². The zero-order valence-corrected chi connectivity index (χ0v) is 10.7. The third-order valence-electron chi connectivity index (χ3n) is 2.86. The fraction of sp³-hybridized carbons (Fsp3) is 0.357. The van der Waals surface area contributed by atoms with Crippen LogP contribution in [0.3, 0.4) is 0 Å². The molecule has 4 nitrogen and oxygen atoms in total. The summed E-state index contributed by atoms with van der Waals surface area (Å²) < 4.78 is 0. The number of fused-ring (bicyclic) bond motifs is 1. The molecule has 96 valence electrons. The van der Waals surface area contributed by atoms with Crippen molar-refractivity contribution in [1.29, 1.82) is 0 Å². The van der Waals surface area contributed by atoms with Gasteiger partial charge in [0, 0.05) is 11.7 Å². The van der Waals surface area contributed by atoms with Crippen molar-refractivity contribution in [3.05, 3.63) is 36.0 Å². The number of benzene rings is 1. The van der Waals surface area contributed by atoms with Gasteiger partial charge in [-0.05, 0) is 43.0 Å². The van der Waals surface area contributed by atoms with Crippen LogP contribution in [-0.2, 0) is 11.2 Å². The number of aliphatic hydroxyl groups is 1. The molecule has 0 aliphatic rings. The van der Waals surface area contributed by atoms with E-state index in [1.54, 1.807) is 13.8 Å². The Labute approximate surface area is 106 Å². The van der Waals surface area contributed by atoms with Gasteiger partial charge in [0.2, 0.25) is 5.91 Å². The first-order valence-corrected chi connectivity index (χ1v) is 5.98. The minimum atomic E-state index is -0.574. The molecule has 0 aliphatic carbocycles. The molecule has 3 N–H and O–H groups in total. The van der Waals surface area contributed by atoms with E-state index in [1.165, 1.54) is 0 Å². The number of rotatable bonds is 4. The Kier molecular flexibility index (Phi) is 3.39. The van der Waals surface area contributed by atoms with Gasteiger partial charge < -0.3 is 15.4 Å². The van der Waals surface area contributed by atoms with Crippen molar-refractivity contribution >= 4 is 16.8 Å². The largest absolute Gasteiger partial charge is 0.394 e. The van der Waals surface area contributed by atoms with Gasteiger partial charge in [0.1, 0.15) is 0 Å². The van der Waals surface area contributed by atoms with Crippen LogP contribution in [0, 0.1) is 0 Å². The first kappa shape index (κ1) is 12.6. The molecular weight excluding hydrogens is 228 g/mol. The molecule has 0 bridgehead atoms. The number of aliphatic hydroxyl groups excluding tert-OH is 1. The van der Waals surface area contributed by atoms with E-state index in [-0.39, 0.29) is 12.5 Å². The zero-order valence-electron chi connectivity index (χ0n) is 10.7. The second kappa shape index (κ2) is 4.82. The number of hydrogen-bond donors (Lipinski definition) is 3. The SMILES string of the molecule is CC(C)(CO)NC(=O)Cc1ccc2[nH]ccc2c1. The first-order valence-electron chi connectivity index (χ1n) is 5.98. The van der Waals surface area contributed by atoms with Crippen LogP contribution < -0.4 is 5.32 Å². The minimum Gasteiger partial charge on any atom is -0.394 e. The van der Waals surface area contributed by atoms with E-state index in [1.807, 2.05) is 30.5 Å². The highest BCUT2D eigenvalue weighted by Gasteiger charge is 2.18. The lowest BCUT2D eigenvalue weighted by molar-refractivity contribution is -0.122. The Morgan fingerprint density at radius 2 is 2.17 bits per heavy atom. The fourth-order valence-corrected chi connectivity index (χ4v) is 1.86. The number of aromatic amines is 1. The Morgan fingerprint density at radius 1 is 1.39 bits per heavy atom. The zero-order chi connectivity index (χ0) is 13.2. The maximum absolute atomic E-state index is 11.8. The molecule has 0 spiro atoms. The molecule has 0 radical (unpaired) electrons. The molecule has 1 amide bonds. The van der Waals surface area contributed by atoms with Crippen molar-refractivity contribution in [1.82, 2.24) is 10.3 Å². The van der Waals surface area contributed by atoms with E-state index in [4.69, 9.17) is 5.11 Å². The van der Waals surface area contributed by atoms with Crippen LogP contribution >= 0.6 is 0 Å². The summed E-state index contributed by atoms with van der Waals surface area (Å²) in [5.74, 6) is -0.0797. The smallest absolute Gasteiger partial charge is 0.224 e. The molecule has 0 atom stereocenters. The van der Waals surface area contributed by atoms with Gasteiger partial charge in [-0.15, -0.1) is 0 Å². The van der Waals surface area contributed by atoms with Crippen molar-refractivity contribution in [3.63, 3.8) is 0 Å². The van der Waals surface area contributed by atoms with E-state index in [2.05, 4.69) is 10.3 Å². The van der Waals surface area contributed by atoms with Crippen LogP contribution in [0.15, 0.2) is 30.5 Å². The lowest BCUT2D eigenvalue weighted by Gasteiger charge is -2.23. The molecule has 0 saturated heterocycles. The second-order valence-corrected chi connectivity index (χ2v) is 5.17. The predicted molar refractivity (Wildman–Crippen MR) is 71.3 cm³/mol. The van der Waals surface area contributed by atoms with Gasteiger partial charge in [-0.3, -0.25) is 4.79 Å². The average Bonchev–Trinajstić information content (AvgIpc) is 2.75. The molecule has 18 heavy (non-hydrogen) atoms. The third-order valence-corrected chi connectivity index (χ3v) is 2.86. The highest BCUT2D eigenvalue weighted by atomic mass is 16.3. The monoisotopic (exact) mass is 246 g/mol. The van der Waals surface area contributed by atoms with Gasteiger partial charge in [0.25, 0.3) is 0 Å². The normalized spacial score (nSPS) is 11.7. The van der Waals surface area contributed by atoms with Gasteiger partial charge in [0.15, 0.2) is 0 Å². The van der Waals surface area contributed by atoms with E-state index in [0.29, 0.717) is 6.42 Å². The number of aromatic nitrogens is 1. The van der Waals surface area contributed by atoms with E-state index < -0.39 is 5.54 Å². The van der Waals surface area contributed by atoms with Crippen molar-refractivity contribution < 1.29 is 9.90 Å². The van der Waals surface area contributed by atoms with Crippen LogP contribution in [0.4, 0.5) is 0 Å². The summed E-state index contributed by atoms with van der Waals surface area (Å²) in [5.41, 5.74) is 1.46. The van der Waals surface area contributed by atoms with E-state index >= 15 is 0 Å². The number of amides is 1. The molecule has 2 aromatic rings. The van der Waals surface area contributed by atoms with Gasteiger partial charge in [-0.2, -0.15) is 0 Å².